The molecular weight excluding hydrogens is 360 g/mol. The lowest BCUT2D eigenvalue weighted by Crippen LogP contribution is -2.30. The van der Waals surface area contributed by atoms with Gasteiger partial charge in [0.25, 0.3) is 0 Å². The van der Waals surface area contributed by atoms with Gasteiger partial charge in [-0.2, -0.15) is 0 Å². The highest BCUT2D eigenvalue weighted by atomic mass is 14.4. The highest BCUT2D eigenvalue weighted by Crippen LogP contribution is 2.45. The van der Waals surface area contributed by atoms with Crippen LogP contribution >= 0.6 is 0 Å². The molecule has 2 fully saturated rings. The average molecular weight is 423 g/mol. The third kappa shape index (κ3) is 11.0. The maximum absolute atomic E-state index is 2.40. The van der Waals surface area contributed by atoms with E-state index < -0.39 is 0 Å². The minimum absolute atomic E-state index is 0. The normalized spacial score (nSPS) is 28.8. The first-order valence-electron chi connectivity index (χ1n) is 12.9. The van der Waals surface area contributed by atoms with E-state index in [1.165, 1.54) is 57.8 Å². The Labute approximate surface area is 193 Å². The topological polar surface area (TPSA) is 0 Å². The van der Waals surface area contributed by atoms with Crippen molar-refractivity contribution < 1.29 is 0 Å². The molecule has 0 N–H and O–H groups in total. The van der Waals surface area contributed by atoms with Crippen molar-refractivity contribution in [3.05, 3.63) is 0 Å². The SMILES string of the molecule is C.CC(C)(C)C1CCC(C(C)(C)C)CC1.CC(C)(C)CC1CCC(C(C)(C)C)CC1. The van der Waals surface area contributed by atoms with Crippen LogP contribution < -0.4 is 0 Å². The molecule has 0 spiro atoms. The summed E-state index contributed by atoms with van der Waals surface area (Å²) >= 11 is 0. The van der Waals surface area contributed by atoms with Crippen LogP contribution in [0.5, 0.6) is 0 Å². The largest absolute Gasteiger partial charge is 0.0776 e. The second-order valence-electron chi connectivity index (χ2n) is 15.1. The van der Waals surface area contributed by atoms with E-state index in [0.29, 0.717) is 21.7 Å². The van der Waals surface area contributed by atoms with Crippen molar-refractivity contribution in [2.45, 2.75) is 148 Å². The van der Waals surface area contributed by atoms with Crippen LogP contribution in [0.3, 0.4) is 0 Å². The monoisotopic (exact) mass is 422 g/mol. The highest BCUT2D eigenvalue weighted by molar-refractivity contribution is 4.85. The van der Waals surface area contributed by atoms with Gasteiger partial charge in [-0.15, -0.1) is 0 Å². The van der Waals surface area contributed by atoms with Crippen LogP contribution in [-0.4, -0.2) is 0 Å². The van der Waals surface area contributed by atoms with Gasteiger partial charge in [0.2, 0.25) is 0 Å². The minimum atomic E-state index is 0. The summed E-state index contributed by atoms with van der Waals surface area (Å²) in [6.07, 6.45) is 13.1. The van der Waals surface area contributed by atoms with Crippen LogP contribution in [0.4, 0.5) is 0 Å². The quantitative estimate of drug-likeness (QED) is 0.394. The Morgan fingerprint density at radius 1 is 0.433 bits per heavy atom. The van der Waals surface area contributed by atoms with Crippen molar-refractivity contribution in [1.82, 2.24) is 0 Å². The lowest BCUT2D eigenvalue weighted by Gasteiger charge is -2.41. The molecule has 2 aliphatic rings. The smallest absolute Gasteiger partial charge is 0.0354 e. The van der Waals surface area contributed by atoms with Gasteiger partial charge in [-0.25, -0.2) is 0 Å². The summed E-state index contributed by atoms with van der Waals surface area (Å²) in [6.45, 7) is 28.7. The Balaban J connectivity index is 0.000000544. The Bertz CT molecular complexity index is 418. The zero-order valence-electron chi connectivity index (χ0n) is 22.7. The molecule has 0 heteroatoms. The van der Waals surface area contributed by atoms with Crippen LogP contribution in [0, 0.1) is 45.3 Å². The zero-order valence-corrected chi connectivity index (χ0v) is 22.7. The lowest BCUT2D eigenvalue weighted by atomic mass is 9.64. The summed E-state index contributed by atoms with van der Waals surface area (Å²) < 4.78 is 0. The predicted molar refractivity (Wildman–Crippen MR) is 140 cm³/mol. The van der Waals surface area contributed by atoms with E-state index in [4.69, 9.17) is 0 Å². The molecule has 0 aromatic rings. The number of hydrogen-bond donors (Lipinski definition) is 0. The molecule has 0 saturated heterocycles. The summed E-state index contributed by atoms with van der Waals surface area (Å²) in [5.74, 6) is 3.89. The number of hydrogen-bond acceptors (Lipinski definition) is 0. The molecule has 0 aromatic carbocycles. The van der Waals surface area contributed by atoms with Crippen molar-refractivity contribution in [1.29, 1.82) is 0 Å². The van der Waals surface area contributed by atoms with Crippen LogP contribution in [0.2, 0.25) is 0 Å². The second kappa shape index (κ2) is 11.2. The Morgan fingerprint density at radius 3 is 0.867 bits per heavy atom. The first-order chi connectivity index (χ1) is 12.9. The highest BCUT2D eigenvalue weighted by Gasteiger charge is 2.34. The van der Waals surface area contributed by atoms with Crippen LogP contribution in [0.1, 0.15) is 148 Å². The molecule has 0 amide bonds. The molecule has 0 bridgehead atoms. The van der Waals surface area contributed by atoms with Gasteiger partial charge in [0.15, 0.2) is 0 Å². The van der Waals surface area contributed by atoms with E-state index in [0.717, 1.165) is 23.7 Å². The van der Waals surface area contributed by atoms with Gasteiger partial charge in [0.1, 0.15) is 0 Å². The van der Waals surface area contributed by atoms with Gasteiger partial charge in [-0.05, 0) is 90.3 Å². The van der Waals surface area contributed by atoms with Crippen molar-refractivity contribution in [2.24, 2.45) is 45.3 Å². The first kappa shape index (κ1) is 30.0. The fourth-order valence-corrected chi connectivity index (χ4v) is 5.92. The molecule has 0 heterocycles. The molecule has 0 radical (unpaired) electrons. The molecule has 0 atom stereocenters. The van der Waals surface area contributed by atoms with Gasteiger partial charge in [-0.3, -0.25) is 0 Å². The number of rotatable bonds is 1. The van der Waals surface area contributed by atoms with Crippen molar-refractivity contribution in [3.63, 3.8) is 0 Å². The fourth-order valence-electron chi connectivity index (χ4n) is 5.92. The van der Waals surface area contributed by atoms with Crippen molar-refractivity contribution in [2.75, 3.05) is 0 Å². The maximum atomic E-state index is 2.40. The van der Waals surface area contributed by atoms with E-state index in [1.54, 1.807) is 0 Å². The van der Waals surface area contributed by atoms with Crippen LogP contribution in [-0.2, 0) is 0 Å². The van der Waals surface area contributed by atoms with Gasteiger partial charge < -0.3 is 0 Å². The summed E-state index contributed by atoms with van der Waals surface area (Å²) in [6, 6.07) is 0. The molecule has 30 heavy (non-hydrogen) atoms. The Morgan fingerprint density at radius 2 is 0.667 bits per heavy atom. The first-order valence-corrected chi connectivity index (χ1v) is 12.9. The molecule has 0 unspecified atom stereocenters. The van der Waals surface area contributed by atoms with E-state index in [2.05, 4.69) is 83.1 Å². The molecule has 0 aromatic heterocycles. The second-order valence-corrected chi connectivity index (χ2v) is 15.1. The van der Waals surface area contributed by atoms with Crippen molar-refractivity contribution in [3.8, 4) is 0 Å². The third-order valence-corrected chi connectivity index (χ3v) is 8.15. The summed E-state index contributed by atoms with van der Waals surface area (Å²) in [4.78, 5) is 0. The minimum Gasteiger partial charge on any atom is -0.0776 e. The third-order valence-electron chi connectivity index (χ3n) is 8.15. The average Bonchev–Trinajstić information content (AvgIpc) is 2.52. The summed E-state index contributed by atoms with van der Waals surface area (Å²) in [7, 11) is 0. The molecule has 2 aliphatic carbocycles. The van der Waals surface area contributed by atoms with E-state index in [-0.39, 0.29) is 7.43 Å². The van der Waals surface area contributed by atoms with Crippen LogP contribution in [0.15, 0.2) is 0 Å². The van der Waals surface area contributed by atoms with Gasteiger partial charge in [0.05, 0.1) is 0 Å². The van der Waals surface area contributed by atoms with Gasteiger partial charge in [-0.1, -0.05) is 103 Å². The molecule has 182 valence electrons. The van der Waals surface area contributed by atoms with E-state index in [1.807, 2.05) is 0 Å². The molecule has 0 aliphatic heterocycles. The summed E-state index contributed by atoms with van der Waals surface area (Å²) in [5.41, 5.74) is 2.12. The van der Waals surface area contributed by atoms with E-state index in [9.17, 15) is 0 Å². The standard InChI is InChI=1S/C15H30.C14H28.CH4/c1-14(2,3)11-12-7-9-13(10-8-12)15(4,5)6;1-13(2,3)11-7-9-12(10-8-11)14(4,5)6;/h12-13H,7-11H2,1-6H3;11-12H,7-10H2,1-6H3;1H4. The van der Waals surface area contributed by atoms with Crippen LogP contribution in [0.25, 0.3) is 0 Å². The van der Waals surface area contributed by atoms with Gasteiger partial charge >= 0.3 is 0 Å². The fraction of sp³-hybridized carbons (Fsp3) is 1.00. The maximum Gasteiger partial charge on any atom is -0.0354 e. The molecule has 2 saturated carbocycles. The zero-order chi connectivity index (χ0) is 22.7. The molecule has 0 nitrogen and oxygen atoms in total. The molecular formula is C30H62. The predicted octanol–water partition coefficient (Wildman–Crippen LogP) is 10.8. The lowest BCUT2D eigenvalue weighted by molar-refractivity contribution is 0.0970. The van der Waals surface area contributed by atoms with E-state index >= 15 is 0 Å². The Kier molecular flexibility index (Phi) is 11.2. The Hall–Kier alpha value is 0. The van der Waals surface area contributed by atoms with Gasteiger partial charge in [0, 0.05) is 0 Å². The summed E-state index contributed by atoms with van der Waals surface area (Å²) in [5, 5.41) is 0. The molecule has 2 rings (SSSR count). The van der Waals surface area contributed by atoms with Crippen molar-refractivity contribution >= 4 is 0 Å².